The predicted molar refractivity (Wildman–Crippen MR) is 52.9 cm³/mol. The van der Waals surface area contributed by atoms with Gasteiger partial charge in [-0.2, -0.15) is 0 Å². The summed E-state index contributed by atoms with van der Waals surface area (Å²) in [6.07, 6.45) is 2.15. The van der Waals surface area contributed by atoms with Crippen molar-refractivity contribution in [1.82, 2.24) is 5.32 Å². The summed E-state index contributed by atoms with van der Waals surface area (Å²) in [6.45, 7) is 3.58. The van der Waals surface area contributed by atoms with Crippen LogP contribution in [0.3, 0.4) is 0 Å². The van der Waals surface area contributed by atoms with Gasteiger partial charge >= 0.3 is 0 Å². The number of nitrogens with one attached hydrogen (secondary N) is 1. The zero-order valence-electron chi connectivity index (χ0n) is 8.66. The molecule has 1 amide bonds. The van der Waals surface area contributed by atoms with Gasteiger partial charge in [-0.3, -0.25) is 4.79 Å². The zero-order chi connectivity index (χ0) is 10.4. The molecule has 2 N–H and O–H groups in total. The first-order valence-corrected chi connectivity index (χ1v) is 5.23. The first-order valence-electron chi connectivity index (χ1n) is 5.23. The first kappa shape index (κ1) is 11.5. The summed E-state index contributed by atoms with van der Waals surface area (Å²) in [5.74, 6) is 0.0723. The molecule has 2 atom stereocenters. The number of carbonyl (C=O) groups is 1. The molecule has 14 heavy (non-hydrogen) atoms. The van der Waals surface area contributed by atoms with Crippen molar-refractivity contribution in [3.05, 3.63) is 0 Å². The number of rotatable bonds is 4. The van der Waals surface area contributed by atoms with Crippen molar-refractivity contribution in [3.8, 4) is 0 Å². The van der Waals surface area contributed by atoms with Gasteiger partial charge in [0.2, 0.25) is 5.91 Å². The summed E-state index contributed by atoms with van der Waals surface area (Å²) >= 11 is 0. The second-order valence-electron chi connectivity index (χ2n) is 3.84. The van der Waals surface area contributed by atoms with E-state index in [1.54, 1.807) is 6.92 Å². The molecule has 4 nitrogen and oxygen atoms in total. The molecule has 0 spiro atoms. The van der Waals surface area contributed by atoms with Gasteiger partial charge in [0.1, 0.15) is 0 Å². The lowest BCUT2D eigenvalue weighted by molar-refractivity contribution is -0.129. The summed E-state index contributed by atoms with van der Waals surface area (Å²) in [5, 5.41) is 11.8. The van der Waals surface area contributed by atoms with Gasteiger partial charge in [-0.25, -0.2) is 0 Å². The topological polar surface area (TPSA) is 58.6 Å². The van der Waals surface area contributed by atoms with Crippen LogP contribution in [0, 0.1) is 5.92 Å². The number of aliphatic hydroxyl groups is 1. The summed E-state index contributed by atoms with van der Waals surface area (Å²) in [7, 11) is 0. The standard InChI is InChI=1S/C10H19NO3/c1-8(12)4-5-11-10(13)9-3-2-6-14-7-9/h8-9,12H,2-7H2,1H3,(H,11,13). The number of hydrogen-bond donors (Lipinski definition) is 2. The Balaban J connectivity index is 2.13. The van der Waals surface area contributed by atoms with Crippen molar-refractivity contribution in [2.24, 2.45) is 5.92 Å². The molecule has 1 aliphatic heterocycles. The number of amides is 1. The van der Waals surface area contributed by atoms with E-state index >= 15 is 0 Å². The quantitative estimate of drug-likeness (QED) is 0.687. The molecule has 1 fully saturated rings. The maximum Gasteiger partial charge on any atom is 0.225 e. The smallest absolute Gasteiger partial charge is 0.225 e. The second-order valence-corrected chi connectivity index (χ2v) is 3.84. The minimum absolute atomic E-state index is 0.0118. The molecule has 0 aromatic heterocycles. The highest BCUT2D eigenvalue weighted by Gasteiger charge is 2.21. The third kappa shape index (κ3) is 4.07. The average molecular weight is 201 g/mol. The molecule has 0 aliphatic carbocycles. The Bertz CT molecular complexity index is 176. The Kier molecular flexibility index (Phi) is 4.90. The molecule has 1 heterocycles. The number of aliphatic hydroxyl groups excluding tert-OH is 1. The fraction of sp³-hybridized carbons (Fsp3) is 0.900. The van der Waals surface area contributed by atoms with Crippen LogP contribution in [0.25, 0.3) is 0 Å². The molecule has 1 aliphatic rings. The van der Waals surface area contributed by atoms with Crippen molar-refractivity contribution in [2.45, 2.75) is 32.3 Å². The molecule has 0 bridgehead atoms. The Morgan fingerprint density at radius 3 is 3.07 bits per heavy atom. The zero-order valence-corrected chi connectivity index (χ0v) is 8.66. The molecular formula is C10H19NO3. The summed E-state index contributed by atoms with van der Waals surface area (Å²) in [5.41, 5.74) is 0. The lowest BCUT2D eigenvalue weighted by atomic mass is 10.0. The van der Waals surface area contributed by atoms with E-state index in [1.165, 1.54) is 0 Å². The van der Waals surface area contributed by atoms with Crippen LogP contribution >= 0.6 is 0 Å². The maximum absolute atomic E-state index is 11.5. The second kappa shape index (κ2) is 5.98. The molecule has 0 radical (unpaired) electrons. The Morgan fingerprint density at radius 2 is 2.50 bits per heavy atom. The first-order chi connectivity index (χ1) is 6.70. The highest BCUT2D eigenvalue weighted by atomic mass is 16.5. The Hall–Kier alpha value is -0.610. The van der Waals surface area contributed by atoms with Crippen molar-refractivity contribution in [2.75, 3.05) is 19.8 Å². The monoisotopic (exact) mass is 201 g/mol. The normalized spacial score (nSPS) is 24.3. The van der Waals surface area contributed by atoms with Crippen molar-refractivity contribution in [1.29, 1.82) is 0 Å². The minimum atomic E-state index is -0.349. The van der Waals surface area contributed by atoms with Gasteiger partial charge < -0.3 is 15.2 Å². The number of carbonyl (C=O) groups excluding carboxylic acids is 1. The highest BCUT2D eigenvalue weighted by molar-refractivity contribution is 5.78. The van der Waals surface area contributed by atoms with E-state index in [4.69, 9.17) is 9.84 Å². The van der Waals surface area contributed by atoms with Crippen LogP contribution < -0.4 is 5.32 Å². The fourth-order valence-corrected chi connectivity index (χ4v) is 1.50. The average Bonchev–Trinajstić information content (AvgIpc) is 2.18. The Labute approximate surface area is 84.6 Å². The van der Waals surface area contributed by atoms with E-state index in [2.05, 4.69) is 5.32 Å². The van der Waals surface area contributed by atoms with Gasteiger partial charge in [-0.1, -0.05) is 0 Å². The summed E-state index contributed by atoms with van der Waals surface area (Å²) in [4.78, 5) is 11.5. The molecule has 0 aromatic rings. The maximum atomic E-state index is 11.5. The van der Waals surface area contributed by atoms with Crippen molar-refractivity contribution in [3.63, 3.8) is 0 Å². The van der Waals surface area contributed by atoms with Gasteiger partial charge in [0.25, 0.3) is 0 Å². The SMILES string of the molecule is CC(O)CCNC(=O)C1CCCOC1. The predicted octanol–water partition coefficient (Wildman–Crippen LogP) is 0.300. The molecule has 2 unspecified atom stereocenters. The number of ether oxygens (including phenoxy) is 1. The van der Waals surface area contributed by atoms with Gasteiger partial charge in [-0.05, 0) is 26.2 Å². The third-order valence-corrected chi connectivity index (χ3v) is 2.39. The van der Waals surface area contributed by atoms with Gasteiger partial charge in [0.15, 0.2) is 0 Å². The van der Waals surface area contributed by atoms with Crippen LogP contribution in [-0.2, 0) is 9.53 Å². The molecule has 82 valence electrons. The van der Waals surface area contributed by atoms with Gasteiger partial charge in [0.05, 0.1) is 18.6 Å². The van der Waals surface area contributed by atoms with Crippen LogP contribution in [0.2, 0.25) is 0 Å². The van der Waals surface area contributed by atoms with E-state index < -0.39 is 0 Å². The molecule has 4 heteroatoms. The van der Waals surface area contributed by atoms with Gasteiger partial charge in [0, 0.05) is 13.2 Å². The summed E-state index contributed by atoms with van der Waals surface area (Å²) in [6, 6.07) is 0. The molecule has 1 rings (SSSR count). The van der Waals surface area contributed by atoms with E-state index in [0.717, 1.165) is 19.4 Å². The van der Waals surface area contributed by atoms with E-state index in [9.17, 15) is 4.79 Å². The lowest BCUT2D eigenvalue weighted by Crippen LogP contribution is -2.36. The van der Waals surface area contributed by atoms with Gasteiger partial charge in [-0.15, -0.1) is 0 Å². The van der Waals surface area contributed by atoms with E-state index in [1.807, 2.05) is 0 Å². The molecule has 1 saturated heterocycles. The van der Waals surface area contributed by atoms with E-state index in [-0.39, 0.29) is 17.9 Å². The fourth-order valence-electron chi connectivity index (χ4n) is 1.50. The Morgan fingerprint density at radius 1 is 1.71 bits per heavy atom. The van der Waals surface area contributed by atoms with Crippen LogP contribution in [0.4, 0.5) is 0 Å². The van der Waals surface area contributed by atoms with E-state index in [0.29, 0.717) is 19.6 Å². The minimum Gasteiger partial charge on any atom is -0.393 e. The van der Waals surface area contributed by atoms with Crippen LogP contribution in [0.15, 0.2) is 0 Å². The molecule has 0 saturated carbocycles. The summed E-state index contributed by atoms with van der Waals surface area (Å²) < 4.78 is 5.22. The van der Waals surface area contributed by atoms with Crippen molar-refractivity contribution < 1.29 is 14.6 Å². The van der Waals surface area contributed by atoms with Crippen molar-refractivity contribution >= 4 is 5.91 Å². The molecule has 0 aromatic carbocycles. The van der Waals surface area contributed by atoms with Crippen LogP contribution in [-0.4, -0.2) is 36.9 Å². The highest BCUT2D eigenvalue weighted by Crippen LogP contribution is 2.13. The number of hydrogen-bond acceptors (Lipinski definition) is 3. The lowest BCUT2D eigenvalue weighted by Gasteiger charge is -2.21. The van der Waals surface area contributed by atoms with Crippen LogP contribution in [0.5, 0.6) is 0 Å². The van der Waals surface area contributed by atoms with Crippen LogP contribution in [0.1, 0.15) is 26.2 Å². The third-order valence-electron chi connectivity index (χ3n) is 2.39. The largest absolute Gasteiger partial charge is 0.393 e. The molecular weight excluding hydrogens is 182 g/mol.